The van der Waals surface area contributed by atoms with Crippen LogP contribution in [0.25, 0.3) is 10.9 Å². The van der Waals surface area contributed by atoms with Crippen molar-refractivity contribution in [2.24, 2.45) is 7.05 Å². The third-order valence-corrected chi connectivity index (χ3v) is 3.63. The number of hydrogen-bond acceptors (Lipinski definition) is 4. The van der Waals surface area contributed by atoms with E-state index in [-0.39, 0.29) is 18.5 Å². The summed E-state index contributed by atoms with van der Waals surface area (Å²) in [7, 11) is 1.86. The number of hydrogen-bond donors (Lipinski definition) is 0. The fourth-order valence-electron chi connectivity index (χ4n) is 2.19. The second-order valence-electron chi connectivity index (χ2n) is 4.63. The summed E-state index contributed by atoms with van der Waals surface area (Å²) < 4.78 is 12.8. The predicted molar refractivity (Wildman–Crippen MR) is 82.0 cm³/mol. The fourth-order valence-corrected chi connectivity index (χ4v) is 2.97. The summed E-state index contributed by atoms with van der Waals surface area (Å²) in [5.41, 5.74) is 2.20. The lowest BCUT2D eigenvalue weighted by Gasteiger charge is -2.06. The van der Waals surface area contributed by atoms with Crippen molar-refractivity contribution in [2.75, 3.05) is 6.61 Å². The lowest BCUT2D eigenvalue weighted by atomic mass is 10.1. The SMILES string of the molecule is CCOC(=O)c1cn(C)c2c(Br)cc(COC(C)=O)cc12. The number of nitrogens with zero attached hydrogens (tertiary/aromatic N) is 1. The quantitative estimate of drug-likeness (QED) is 0.792. The zero-order valence-corrected chi connectivity index (χ0v) is 13.7. The molecule has 2 aromatic rings. The van der Waals surface area contributed by atoms with Gasteiger partial charge in [0.15, 0.2) is 0 Å². The highest BCUT2D eigenvalue weighted by Crippen LogP contribution is 2.30. The number of carbonyl (C=O) groups is 2. The van der Waals surface area contributed by atoms with Gasteiger partial charge in [0.2, 0.25) is 0 Å². The fraction of sp³-hybridized carbons (Fsp3) is 0.333. The third kappa shape index (κ3) is 3.26. The molecule has 21 heavy (non-hydrogen) atoms. The highest BCUT2D eigenvalue weighted by Gasteiger charge is 2.17. The van der Waals surface area contributed by atoms with E-state index in [1.54, 1.807) is 13.1 Å². The number of carbonyl (C=O) groups excluding carboxylic acids is 2. The molecule has 0 fully saturated rings. The Morgan fingerprint density at radius 3 is 2.62 bits per heavy atom. The molecule has 5 nitrogen and oxygen atoms in total. The van der Waals surface area contributed by atoms with Crippen molar-refractivity contribution in [1.29, 1.82) is 0 Å². The lowest BCUT2D eigenvalue weighted by Crippen LogP contribution is -2.04. The average Bonchev–Trinajstić information content (AvgIpc) is 2.74. The zero-order chi connectivity index (χ0) is 15.6. The van der Waals surface area contributed by atoms with E-state index in [1.807, 2.05) is 23.7 Å². The number of benzene rings is 1. The Morgan fingerprint density at radius 2 is 2.00 bits per heavy atom. The van der Waals surface area contributed by atoms with Crippen molar-refractivity contribution in [1.82, 2.24) is 4.57 Å². The molecule has 0 N–H and O–H groups in total. The second kappa shape index (κ2) is 6.30. The van der Waals surface area contributed by atoms with Crippen molar-refractivity contribution in [3.05, 3.63) is 33.9 Å². The number of ether oxygens (including phenoxy) is 2. The van der Waals surface area contributed by atoms with Crippen molar-refractivity contribution in [3.63, 3.8) is 0 Å². The smallest absolute Gasteiger partial charge is 0.340 e. The Balaban J connectivity index is 2.51. The van der Waals surface area contributed by atoms with Crippen LogP contribution in [0, 0.1) is 0 Å². The first kappa shape index (κ1) is 15.6. The van der Waals surface area contributed by atoms with E-state index in [0.717, 1.165) is 20.9 Å². The molecule has 112 valence electrons. The van der Waals surface area contributed by atoms with Gasteiger partial charge in [-0.25, -0.2) is 4.79 Å². The minimum atomic E-state index is -0.361. The predicted octanol–water partition coefficient (Wildman–Crippen LogP) is 3.18. The van der Waals surface area contributed by atoms with Crippen molar-refractivity contribution < 1.29 is 19.1 Å². The highest BCUT2D eigenvalue weighted by atomic mass is 79.9. The van der Waals surface area contributed by atoms with Crippen molar-refractivity contribution >= 4 is 38.8 Å². The van der Waals surface area contributed by atoms with Crippen LogP contribution in [0.2, 0.25) is 0 Å². The van der Waals surface area contributed by atoms with E-state index in [9.17, 15) is 9.59 Å². The molecule has 0 bridgehead atoms. The molecule has 0 spiro atoms. The second-order valence-corrected chi connectivity index (χ2v) is 5.48. The number of esters is 2. The van der Waals surface area contributed by atoms with Gasteiger partial charge in [0, 0.05) is 30.0 Å². The number of rotatable bonds is 4. The van der Waals surface area contributed by atoms with Gasteiger partial charge in [-0.1, -0.05) is 0 Å². The van der Waals surface area contributed by atoms with E-state index < -0.39 is 0 Å². The molecule has 0 saturated carbocycles. The molecule has 0 aliphatic carbocycles. The van der Waals surface area contributed by atoms with E-state index in [0.29, 0.717) is 12.2 Å². The van der Waals surface area contributed by atoms with Gasteiger partial charge in [0.25, 0.3) is 0 Å². The molecule has 0 aliphatic heterocycles. The Hall–Kier alpha value is -1.82. The molecule has 0 aliphatic rings. The maximum Gasteiger partial charge on any atom is 0.340 e. The molecule has 0 radical (unpaired) electrons. The van der Waals surface area contributed by atoms with Gasteiger partial charge >= 0.3 is 11.9 Å². The summed E-state index contributed by atoms with van der Waals surface area (Å²) in [5.74, 6) is -0.704. The minimum absolute atomic E-state index is 0.168. The van der Waals surface area contributed by atoms with Gasteiger partial charge in [-0.05, 0) is 40.5 Å². The van der Waals surface area contributed by atoms with Crippen LogP contribution < -0.4 is 0 Å². The molecular formula is C15H16BrNO4. The first-order valence-electron chi connectivity index (χ1n) is 6.52. The van der Waals surface area contributed by atoms with Crippen molar-refractivity contribution in [3.8, 4) is 0 Å². The molecule has 0 atom stereocenters. The standard InChI is InChI=1S/C15H16BrNO4/c1-4-20-15(19)12-7-17(3)14-11(12)5-10(6-13(14)16)8-21-9(2)18/h5-7H,4,8H2,1-3H3. The highest BCUT2D eigenvalue weighted by molar-refractivity contribution is 9.10. The van der Waals surface area contributed by atoms with Crippen LogP contribution in [0.1, 0.15) is 29.8 Å². The summed E-state index contributed by atoms with van der Waals surface area (Å²) >= 11 is 3.49. The van der Waals surface area contributed by atoms with Gasteiger partial charge in [-0.2, -0.15) is 0 Å². The largest absolute Gasteiger partial charge is 0.462 e. The molecule has 0 saturated heterocycles. The van der Waals surface area contributed by atoms with E-state index in [2.05, 4.69) is 15.9 Å². The summed E-state index contributed by atoms with van der Waals surface area (Å²) in [5, 5.41) is 0.771. The van der Waals surface area contributed by atoms with Crippen molar-refractivity contribution in [2.45, 2.75) is 20.5 Å². The number of fused-ring (bicyclic) bond motifs is 1. The van der Waals surface area contributed by atoms with Crippen LogP contribution in [-0.2, 0) is 27.9 Å². The van der Waals surface area contributed by atoms with E-state index in [4.69, 9.17) is 9.47 Å². The van der Waals surface area contributed by atoms with Gasteiger partial charge in [0.05, 0.1) is 17.7 Å². The number of aryl methyl sites for hydroxylation is 1. The van der Waals surface area contributed by atoms with Crippen LogP contribution in [0.3, 0.4) is 0 Å². The Labute approximate surface area is 131 Å². The molecule has 1 heterocycles. The monoisotopic (exact) mass is 353 g/mol. The minimum Gasteiger partial charge on any atom is -0.462 e. The molecule has 0 unspecified atom stereocenters. The molecule has 6 heteroatoms. The zero-order valence-electron chi connectivity index (χ0n) is 12.1. The number of halogens is 1. The van der Waals surface area contributed by atoms with Crippen LogP contribution in [-0.4, -0.2) is 23.1 Å². The van der Waals surface area contributed by atoms with Gasteiger partial charge in [-0.3, -0.25) is 4.79 Å². The molecule has 1 aromatic heterocycles. The molecule has 2 rings (SSSR count). The molecule has 1 aromatic carbocycles. The summed E-state index contributed by atoms with van der Waals surface area (Å²) in [4.78, 5) is 22.9. The maximum absolute atomic E-state index is 12.0. The third-order valence-electron chi connectivity index (χ3n) is 3.03. The summed E-state index contributed by atoms with van der Waals surface area (Å²) in [6, 6.07) is 3.72. The van der Waals surface area contributed by atoms with E-state index >= 15 is 0 Å². The Morgan fingerprint density at radius 1 is 1.29 bits per heavy atom. The van der Waals surface area contributed by atoms with Crippen LogP contribution in [0.4, 0.5) is 0 Å². The summed E-state index contributed by atoms with van der Waals surface area (Å²) in [6.45, 7) is 3.62. The normalized spacial score (nSPS) is 10.7. The maximum atomic E-state index is 12.0. The van der Waals surface area contributed by atoms with Gasteiger partial charge in [0.1, 0.15) is 6.61 Å². The van der Waals surface area contributed by atoms with Crippen LogP contribution in [0.5, 0.6) is 0 Å². The Bertz CT molecular complexity index is 705. The molecular weight excluding hydrogens is 338 g/mol. The summed E-state index contributed by atoms with van der Waals surface area (Å²) in [6.07, 6.45) is 1.74. The first-order chi connectivity index (χ1) is 9.93. The van der Waals surface area contributed by atoms with E-state index in [1.165, 1.54) is 6.92 Å². The van der Waals surface area contributed by atoms with Gasteiger partial charge < -0.3 is 14.0 Å². The Kier molecular flexibility index (Phi) is 4.67. The molecule has 0 amide bonds. The average molecular weight is 354 g/mol. The first-order valence-corrected chi connectivity index (χ1v) is 7.31. The topological polar surface area (TPSA) is 57.5 Å². The number of aromatic nitrogens is 1. The lowest BCUT2D eigenvalue weighted by molar-refractivity contribution is -0.142. The van der Waals surface area contributed by atoms with Gasteiger partial charge in [-0.15, -0.1) is 0 Å². The van der Waals surface area contributed by atoms with Crippen LogP contribution >= 0.6 is 15.9 Å². The van der Waals surface area contributed by atoms with Crippen LogP contribution in [0.15, 0.2) is 22.8 Å².